The molecule has 5 nitrogen and oxygen atoms in total. The van der Waals surface area contributed by atoms with E-state index in [-0.39, 0.29) is 12.7 Å². The summed E-state index contributed by atoms with van der Waals surface area (Å²) in [6.45, 7) is 0.245. The predicted octanol–water partition coefficient (Wildman–Crippen LogP) is 3.58. The van der Waals surface area contributed by atoms with Gasteiger partial charge >= 0.3 is 0 Å². The molecule has 1 aliphatic carbocycles. The first-order chi connectivity index (χ1) is 12.2. The van der Waals surface area contributed by atoms with Gasteiger partial charge in [0.05, 0.1) is 5.41 Å². The minimum Gasteiger partial charge on any atom is -0.454 e. The second kappa shape index (κ2) is 5.02. The highest BCUT2D eigenvalue weighted by molar-refractivity contribution is 6.02. The average molecular weight is 334 g/mol. The maximum absolute atomic E-state index is 13.0. The van der Waals surface area contributed by atoms with Gasteiger partial charge in [0.25, 0.3) is 0 Å². The third-order valence-corrected chi connectivity index (χ3v) is 5.25. The first-order valence-corrected chi connectivity index (χ1v) is 8.42. The van der Waals surface area contributed by atoms with Gasteiger partial charge in [-0.2, -0.15) is 0 Å². The van der Waals surface area contributed by atoms with Crippen molar-refractivity contribution in [3.05, 3.63) is 54.2 Å². The Morgan fingerprint density at radius 3 is 2.76 bits per heavy atom. The van der Waals surface area contributed by atoms with Gasteiger partial charge in [-0.3, -0.25) is 4.79 Å². The summed E-state index contributed by atoms with van der Waals surface area (Å²) in [5.74, 6) is 1.51. The maximum atomic E-state index is 13.0. The largest absolute Gasteiger partial charge is 0.454 e. The zero-order valence-electron chi connectivity index (χ0n) is 13.9. The molecule has 0 spiro atoms. The molecule has 5 rings (SSSR count). The molecule has 0 saturated heterocycles. The van der Waals surface area contributed by atoms with E-state index in [2.05, 4.69) is 16.0 Å². The van der Waals surface area contributed by atoms with Gasteiger partial charge in [0.15, 0.2) is 11.5 Å². The summed E-state index contributed by atoms with van der Waals surface area (Å²) in [7, 11) is 2.01. The molecule has 1 aliphatic heterocycles. The molecule has 0 atom stereocenters. The summed E-state index contributed by atoms with van der Waals surface area (Å²) in [5.41, 5.74) is 2.52. The lowest BCUT2D eigenvalue weighted by atomic mass is 9.94. The van der Waals surface area contributed by atoms with Gasteiger partial charge in [-0.25, -0.2) is 0 Å². The Hall–Kier alpha value is -2.95. The molecule has 1 amide bonds. The maximum Gasteiger partial charge on any atom is 0.235 e. The topological polar surface area (TPSA) is 52.5 Å². The molecule has 3 aromatic rings. The van der Waals surface area contributed by atoms with E-state index in [1.54, 1.807) is 0 Å². The standard InChI is InChI=1S/C20H18N2O3/c1-22-9-6-13-10-15(3-4-16(13)22)21-19(23)20(7-8-20)14-2-5-17-18(11-14)25-12-24-17/h2-6,9-11H,7-8,12H2,1H3,(H,21,23). The molecule has 1 N–H and O–H groups in total. The van der Waals surface area contributed by atoms with Crippen LogP contribution in [0.2, 0.25) is 0 Å². The fourth-order valence-electron chi connectivity index (χ4n) is 3.58. The van der Waals surface area contributed by atoms with Crippen molar-refractivity contribution in [2.24, 2.45) is 7.05 Å². The third kappa shape index (κ3) is 2.19. The van der Waals surface area contributed by atoms with Crippen LogP contribution in [0.25, 0.3) is 10.9 Å². The van der Waals surface area contributed by atoms with Gasteiger partial charge in [0.1, 0.15) is 0 Å². The van der Waals surface area contributed by atoms with Crippen LogP contribution < -0.4 is 14.8 Å². The number of ether oxygens (including phenoxy) is 2. The molecule has 2 aliphatic rings. The third-order valence-electron chi connectivity index (χ3n) is 5.25. The van der Waals surface area contributed by atoms with Crippen LogP contribution in [0.1, 0.15) is 18.4 Å². The smallest absolute Gasteiger partial charge is 0.235 e. The molecule has 1 saturated carbocycles. The average Bonchev–Trinajstić information content (AvgIpc) is 3.17. The molecule has 5 heteroatoms. The molecule has 2 aromatic carbocycles. The Bertz CT molecular complexity index is 1000. The number of hydrogen-bond donors (Lipinski definition) is 1. The molecule has 0 unspecified atom stereocenters. The number of anilines is 1. The number of carbonyl (C=O) groups is 1. The minimum absolute atomic E-state index is 0.0432. The van der Waals surface area contributed by atoms with Gasteiger partial charge in [-0.15, -0.1) is 0 Å². The van der Waals surface area contributed by atoms with Crippen LogP contribution in [0.5, 0.6) is 11.5 Å². The van der Waals surface area contributed by atoms with Gasteiger partial charge in [-0.05, 0) is 54.8 Å². The molecule has 0 bridgehead atoms. The minimum atomic E-state index is -0.452. The fourth-order valence-corrected chi connectivity index (χ4v) is 3.58. The second-order valence-corrected chi connectivity index (χ2v) is 6.80. The Labute approximate surface area is 145 Å². The first-order valence-electron chi connectivity index (χ1n) is 8.42. The highest BCUT2D eigenvalue weighted by atomic mass is 16.7. The summed E-state index contributed by atoms with van der Waals surface area (Å²) in [4.78, 5) is 13.0. The van der Waals surface area contributed by atoms with E-state index in [0.29, 0.717) is 0 Å². The summed E-state index contributed by atoms with van der Waals surface area (Å²) in [6.07, 6.45) is 3.73. The zero-order valence-corrected chi connectivity index (χ0v) is 13.9. The highest BCUT2D eigenvalue weighted by Crippen LogP contribution is 2.51. The molecule has 1 aromatic heterocycles. The van der Waals surface area contributed by atoms with Crippen LogP contribution in [0.4, 0.5) is 5.69 Å². The Morgan fingerprint density at radius 1 is 1.08 bits per heavy atom. The zero-order chi connectivity index (χ0) is 17.0. The van der Waals surface area contributed by atoms with E-state index in [1.807, 2.05) is 49.6 Å². The number of amides is 1. The molecule has 25 heavy (non-hydrogen) atoms. The highest BCUT2D eigenvalue weighted by Gasteiger charge is 2.51. The number of rotatable bonds is 3. The van der Waals surface area contributed by atoms with Crippen molar-refractivity contribution in [1.82, 2.24) is 4.57 Å². The van der Waals surface area contributed by atoms with Crippen molar-refractivity contribution in [2.45, 2.75) is 18.3 Å². The van der Waals surface area contributed by atoms with Crippen molar-refractivity contribution in [2.75, 3.05) is 12.1 Å². The lowest BCUT2D eigenvalue weighted by Crippen LogP contribution is -2.27. The summed E-state index contributed by atoms with van der Waals surface area (Å²) in [5, 5.41) is 4.21. The fraction of sp³-hybridized carbons (Fsp3) is 0.250. The molecule has 2 heterocycles. The van der Waals surface area contributed by atoms with Crippen molar-refractivity contribution in [1.29, 1.82) is 0 Å². The molecule has 1 fully saturated rings. The summed E-state index contributed by atoms with van der Waals surface area (Å²) >= 11 is 0. The number of carbonyl (C=O) groups excluding carboxylic acids is 1. The Morgan fingerprint density at radius 2 is 1.92 bits per heavy atom. The van der Waals surface area contributed by atoms with Crippen LogP contribution in [0, 0.1) is 0 Å². The number of nitrogens with zero attached hydrogens (tertiary/aromatic N) is 1. The number of nitrogens with one attached hydrogen (secondary N) is 1. The predicted molar refractivity (Wildman–Crippen MR) is 95.0 cm³/mol. The van der Waals surface area contributed by atoms with E-state index in [4.69, 9.17) is 9.47 Å². The van der Waals surface area contributed by atoms with Crippen molar-refractivity contribution >= 4 is 22.5 Å². The Kier molecular flexibility index (Phi) is 2.89. The normalized spacial score (nSPS) is 16.8. The van der Waals surface area contributed by atoms with E-state index < -0.39 is 5.41 Å². The summed E-state index contributed by atoms with van der Waals surface area (Å²) < 4.78 is 12.9. The van der Waals surface area contributed by atoms with Gasteiger partial charge in [-0.1, -0.05) is 6.07 Å². The van der Waals surface area contributed by atoms with Crippen LogP contribution in [-0.2, 0) is 17.3 Å². The molecular formula is C20H18N2O3. The van der Waals surface area contributed by atoms with Crippen molar-refractivity contribution in [3.8, 4) is 11.5 Å². The number of fused-ring (bicyclic) bond motifs is 2. The van der Waals surface area contributed by atoms with Crippen LogP contribution in [0.3, 0.4) is 0 Å². The SMILES string of the molecule is Cn1ccc2cc(NC(=O)C3(c4ccc5c(c4)OCO5)CC3)ccc21. The van der Waals surface area contributed by atoms with Gasteiger partial charge in [0.2, 0.25) is 12.7 Å². The second-order valence-electron chi connectivity index (χ2n) is 6.80. The number of benzene rings is 2. The van der Waals surface area contributed by atoms with E-state index in [0.717, 1.165) is 46.5 Å². The molecule has 126 valence electrons. The summed E-state index contributed by atoms with van der Waals surface area (Å²) in [6, 6.07) is 13.9. The lowest BCUT2D eigenvalue weighted by Gasteiger charge is -2.16. The monoisotopic (exact) mass is 334 g/mol. The van der Waals surface area contributed by atoms with E-state index in [9.17, 15) is 4.79 Å². The van der Waals surface area contributed by atoms with Crippen molar-refractivity contribution in [3.63, 3.8) is 0 Å². The Balaban J connectivity index is 1.43. The van der Waals surface area contributed by atoms with E-state index in [1.165, 1.54) is 0 Å². The first kappa shape index (κ1) is 14.4. The van der Waals surface area contributed by atoms with E-state index >= 15 is 0 Å². The van der Waals surface area contributed by atoms with Crippen molar-refractivity contribution < 1.29 is 14.3 Å². The van der Waals surface area contributed by atoms with Gasteiger partial charge in [0, 0.05) is 29.8 Å². The number of hydrogen-bond acceptors (Lipinski definition) is 3. The van der Waals surface area contributed by atoms with Crippen LogP contribution in [-0.4, -0.2) is 17.3 Å². The molecular weight excluding hydrogens is 316 g/mol. The number of aryl methyl sites for hydroxylation is 1. The number of aromatic nitrogens is 1. The quantitative estimate of drug-likeness (QED) is 0.796. The van der Waals surface area contributed by atoms with Crippen LogP contribution >= 0.6 is 0 Å². The van der Waals surface area contributed by atoms with Gasteiger partial charge < -0.3 is 19.4 Å². The molecule has 0 radical (unpaired) electrons. The lowest BCUT2D eigenvalue weighted by molar-refractivity contribution is -0.118. The van der Waals surface area contributed by atoms with Crippen LogP contribution in [0.15, 0.2) is 48.7 Å².